The summed E-state index contributed by atoms with van der Waals surface area (Å²) in [6.45, 7) is 5.16. The lowest BCUT2D eigenvalue weighted by atomic mass is 9.96. The van der Waals surface area contributed by atoms with E-state index in [1.807, 2.05) is 21.6 Å². The normalized spacial score (nSPS) is 19.4. The minimum absolute atomic E-state index is 0.0798. The molecule has 3 rings (SSSR count). The van der Waals surface area contributed by atoms with Crippen molar-refractivity contribution in [3.8, 4) is 0 Å². The van der Waals surface area contributed by atoms with Crippen LogP contribution in [-0.2, 0) is 4.74 Å². The number of amides is 2. The van der Waals surface area contributed by atoms with E-state index in [2.05, 4.69) is 15.2 Å². The van der Waals surface area contributed by atoms with Crippen molar-refractivity contribution in [2.75, 3.05) is 44.3 Å². The number of aromatic nitrogens is 3. The standard InChI is InChI=1S/C15H23N5O3S/c1-2-23-14(21)13-16-12(17-18-13)11-3-5-19(6-4-11)15(22)20-7-9-24-10-8-20/h11H,2-10H2,1H3,(H,16,17,18). The van der Waals surface area contributed by atoms with Crippen LogP contribution in [0.2, 0.25) is 0 Å². The topological polar surface area (TPSA) is 91.4 Å². The molecule has 2 saturated heterocycles. The molecule has 0 saturated carbocycles. The molecule has 0 radical (unpaired) electrons. The molecular formula is C15H23N5O3S. The van der Waals surface area contributed by atoms with Crippen LogP contribution in [0.3, 0.4) is 0 Å². The van der Waals surface area contributed by atoms with Crippen molar-refractivity contribution in [2.45, 2.75) is 25.7 Å². The van der Waals surface area contributed by atoms with E-state index in [9.17, 15) is 9.59 Å². The van der Waals surface area contributed by atoms with Gasteiger partial charge in [-0.25, -0.2) is 14.6 Å². The van der Waals surface area contributed by atoms with Crippen molar-refractivity contribution in [3.63, 3.8) is 0 Å². The van der Waals surface area contributed by atoms with Crippen molar-refractivity contribution >= 4 is 23.8 Å². The summed E-state index contributed by atoms with van der Waals surface area (Å²) in [6, 6.07) is 0.151. The molecule has 0 spiro atoms. The Balaban J connectivity index is 1.53. The molecule has 2 aliphatic heterocycles. The highest BCUT2D eigenvalue weighted by atomic mass is 32.2. The second kappa shape index (κ2) is 7.87. The van der Waals surface area contributed by atoms with Gasteiger partial charge in [0.15, 0.2) is 0 Å². The first-order valence-corrected chi connectivity index (χ1v) is 9.55. The molecule has 0 unspecified atom stereocenters. The number of hydrogen-bond donors (Lipinski definition) is 1. The van der Waals surface area contributed by atoms with Gasteiger partial charge in [-0.05, 0) is 19.8 Å². The summed E-state index contributed by atoms with van der Waals surface area (Å²) in [4.78, 5) is 32.3. The summed E-state index contributed by atoms with van der Waals surface area (Å²) in [7, 11) is 0. The van der Waals surface area contributed by atoms with E-state index < -0.39 is 5.97 Å². The molecule has 0 bridgehead atoms. The van der Waals surface area contributed by atoms with Crippen LogP contribution in [0.15, 0.2) is 0 Å². The number of piperidine rings is 1. The third-order valence-corrected chi connectivity index (χ3v) is 5.34. The first kappa shape index (κ1) is 17.1. The molecule has 0 aromatic carbocycles. The Labute approximate surface area is 145 Å². The Hall–Kier alpha value is -1.77. The van der Waals surface area contributed by atoms with Gasteiger partial charge in [0.25, 0.3) is 5.82 Å². The molecule has 9 heteroatoms. The highest BCUT2D eigenvalue weighted by Gasteiger charge is 2.29. The summed E-state index contributed by atoms with van der Waals surface area (Å²) in [5.74, 6) is 2.53. The van der Waals surface area contributed by atoms with Crippen LogP contribution in [0.25, 0.3) is 0 Å². The van der Waals surface area contributed by atoms with Gasteiger partial charge >= 0.3 is 12.0 Å². The molecule has 2 aliphatic rings. The van der Waals surface area contributed by atoms with Gasteiger partial charge in [0.05, 0.1) is 6.61 Å². The monoisotopic (exact) mass is 353 g/mol. The van der Waals surface area contributed by atoms with Gasteiger partial charge in [0.1, 0.15) is 5.82 Å². The summed E-state index contributed by atoms with van der Waals surface area (Å²) in [5, 5.41) is 6.78. The highest BCUT2D eigenvalue weighted by molar-refractivity contribution is 7.99. The van der Waals surface area contributed by atoms with Gasteiger partial charge in [-0.1, -0.05) is 0 Å². The second-order valence-corrected chi connectivity index (χ2v) is 7.13. The molecule has 2 amide bonds. The van der Waals surface area contributed by atoms with E-state index in [0.717, 1.165) is 37.4 Å². The fraction of sp³-hybridized carbons (Fsp3) is 0.733. The molecule has 1 aromatic rings. The summed E-state index contributed by atoms with van der Waals surface area (Å²) in [5.41, 5.74) is 0. The van der Waals surface area contributed by atoms with Crippen LogP contribution in [-0.4, -0.2) is 81.3 Å². The van der Waals surface area contributed by atoms with Crippen molar-refractivity contribution < 1.29 is 14.3 Å². The number of carbonyl (C=O) groups is 2. The minimum atomic E-state index is -0.504. The van der Waals surface area contributed by atoms with Crippen molar-refractivity contribution in [2.24, 2.45) is 0 Å². The van der Waals surface area contributed by atoms with E-state index in [0.29, 0.717) is 25.5 Å². The predicted octanol–water partition coefficient (Wildman–Crippen LogP) is 1.33. The Bertz CT molecular complexity index is 579. The third-order valence-electron chi connectivity index (χ3n) is 4.39. The largest absolute Gasteiger partial charge is 0.460 e. The maximum Gasteiger partial charge on any atom is 0.378 e. The highest BCUT2D eigenvalue weighted by Crippen LogP contribution is 2.26. The van der Waals surface area contributed by atoms with Gasteiger partial charge in [-0.3, -0.25) is 5.10 Å². The number of nitrogens with one attached hydrogen (secondary N) is 1. The van der Waals surface area contributed by atoms with Crippen LogP contribution >= 0.6 is 11.8 Å². The number of rotatable bonds is 3. The van der Waals surface area contributed by atoms with Crippen molar-refractivity contribution in [1.29, 1.82) is 0 Å². The van der Waals surface area contributed by atoms with E-state index in [4.69, 9.17) is 4.74 Å². The fourth-order valence-electron chi connectivity index (χ4n) is 3.04. The molecule has 1 aromatic heterocycles. The number of aromatic amines is 1. The molecule has 1 N–H and O–H groups in total. The molecular weight excluding hydrogens is 330 g/mol. The van der Waals surface area contributed by atoms with Crippen LogP contribution in [0.5, 0.6) is 0 Å². The van der Waals surface area contributed by atoms with Gasteiger partial charge in [-0.15, -0.1) is 5.10 Å². The quantitative estimate of drug-likeness (QED) is 0.824. The number of likely N-dealkylation sites (tertiary alicyclic amines) is 1. The fourth-order valence-corrected chi connectivity index (χ4v) is 3.95. The number of H-pyrrole nitrogens is 1. The zero-order valence-corrected chi connectivity index (χ0v) is 14.7. The third kappa shape index (κ3) is 3.82. The number of nitrogens with zero attached hydrogens (tertiary/aromatic N) is 4. The first-order valence-electron chi connectivity index (χ1n) is 8.40. The Morgan fingerprint density at radius 2 is 1.88 bits per heavy atom. The van der Waals surface area contributed by atoms with E-state index in [1.165, 1.54) is 0 Å². The van der Waals surface area contributed by atoms with Gasteiger partial charge in [-0.2, -0.15) is 11.8 Å². The summed E-state index contributed by atoms with van der Waals surface area (Å²) in [6.07, 6.45) is 1.65. The predicted molar refractivity (Wildman–Crippen MR) is 90.2 cm³/mol. The lowest BCUT2D eigenvalue weighted by Gasteiger charge is -2.36. The van der Waals surface area contributed by atoms with Crippen molar-refractivity contribution in [1.82, 2.24) is 25.0 Å². The molecule has 2 fully saturated rings. The summed E-state index contributed by atoms with van der Waals surface area (Å²) >= 11 is 1.90. The Morgan fingerprint density at radius 3 is 2.54 bits per heavy atom. The second-order valence-electron chi connectivity index (χ2n) is 5.91. The molecule has 0 atom stereocenters. The molecule has 3 heterocycles. The van der Waals surface area contributed by atoms with E-state index >= 15 is 0 Å². The average molecular weight is 353 g/mol. The summed E-state index contributed by atoms with van der Waals surface area (Å²) < 4.78 is 4.90. The number of thioether (sulfide) groups is 1. The van der Waals surface area contributed by atoms with Crippen molar-refractivity contribution in [3.05, 3.63) is 11.6 Å². The number of esters is 1. The minimum Gasteiger partial charge on any atom is -0.460 e. The Morgan fingerprint density at radius 1 is 1.21 bits per heavy atom. The number of carbonyl (C=O) groups excluding carboxylic acids is 2. The number of ether oxygens (including phenoxy) is 1. The zero-order valence-electron chi connectivity index (χ0n) is 13.9. The average Bonchev–Trinajstić information content (AvgIpc) is 3.12. The maximum absolute atomic E-state index is 12.5. The van der Waals surface area contributed by atoms with Crippen LogP contribution in [0.4, 0.5) is 4.79 Å². The smallest absolute Gasteiger partial charge is 0.378 e. The lowest BCUT2D eigenvalue weighted by Crippen LogP contribution is -2.49. The van der Waals surface area contributed by atoms with Crippen LogP contribution < -0.4 is 0 Å². The molecule has 132 valence electrons. The number of hydrogen-bond acceptors (Lipinski definition) is 6. The maximum atomic E-state index is 12.5. The van der Waals surface area contributed by atoms with Gasteiger partial charge < -0.3 is 14.5 Å². The zero-order chi connectivity index (χ0) is 16.9. The van der Waals surface area contributed by atoms with E-state index in [1.54, 1.807) is 6.92 Å². The van der Waals surface area contributed by atoms with Gasteiger partial charge in [0, 0.05) is 43.6 Å². The molecule has 8 nitrogen and oxygen atoms in total. The molecule has 0 aliphatic carbocycles. The first-order chi connectivity index (χ1) is 11.7. The number of urea groups is 1. The van der Waals surface area contributed by atoms with E-state index in [-0.39, 0.29) is 17.8 Å². The van der Waals surface area contributed by atoms with Crippen LogP contribution in [0.1, 0.15) is 42.1 Å². The Kier molecular flexibility index (Phi) is 5.60. The lowest BCUT2D eigenvalue weighted by molar-refractivity contribution is 0.0512. The molecule has 24 heavy (non-hydrogen) atoms. The SMILES string of the molecule is CCOC(=O)c1n[nH]c(C2CCN(C(=O)N3CCSCC3)CC2)n1. The van der Waals surface area contributed by atoms with Crippen LogP contribution in [0, 0.1) is 0 Å². The van der Waals surface area contributed by atoms with Gasteiger partial charge in [0.2, 0.25) is 0 Å².